The van der Waals surface area contributed by atoms with Crippen LogP contribution in [0.15, 0.2) is 97.2 Å². The van der Waals surface area contributed by atoms with Gasteiger partial charge in [-0.15, -0.1) is 0 Å². The summed E-state index contributed by atoms with van der Waals surface area (Å²) in [5, 5.41) is 3.93. The number of fused-ring (bicyclic) bond motifs is 1. The van der Waals surface area contributed by atoms with Gasteiger partial charge in [0.1, 0.15) is 6.72 Å². The van der Waals surface area contributed by atoms with E-state index in [-0.39, 0.29) is 35.6 Å². The maximum Gasteiger partial charge on any atom is 1.00 e. The van der Waals surface area contributed by atoms with E-state index in [1.807, 2.05) is 91.0 Å². The number of pyridine rings is 1. The van der Waals surface area contributed by atoms with E-state index in [0.29, 0.717) is 12.2 Å². The number of para-hydroxylation sites is 1. The average molecular weight is 456 g/mol. The molecule has 31 heavy (non-hydrogen) atoms. The van der Waals surface area contributed by atoms with Gasteiger partial charge in [-0.2, -0.15) is 0 Å². The zero-order valence-electron chi connectivity index (χ0n) is 17.3. The second kappa shape index (κ2) is 11.4. The van der Waals surface area contributed by atoms with Crippen LogP contribution < -0.4 is 39.5 Å². The molecule has 0 aliphatic rings. The fourth-order valence-corrected chi connectivity index (χ4v) is 6.21. The van der Waals surface area contributed by atoms with Crippen molar-refractivity contribution in [2.75, 3.05) is 0 Å². The smallest absolute Gasteiger partial charge is 0.780 e. The maximum absolute atomic E-state index is 13.0. The third kappa shape index (κ3) is 6.77. The van der Waals surface area contributed by atoms with Crippen LogP contribution in [0.4, 0.5) is 0 Å². The van der Waals surface area contributed by atoms with Crippen LogP contribution in [0, 0.1) is 0 Å². The molecule has 0 saturated heterocycles. The number of rotatable bonds is 8. The zero-order chi connectivity index (χ0) is 20.8. The summed E-state index contributed by atoms with van der Waals surface area (Å²) in [6, 6.07) is 29.0. The van der Waals surface area contributed by atoms with Gasteiger partial charge in [-0.3, -0.25) is 10.1 Å². The second-order valence-electron chi connectivity index (χ2n) is 7.05. The predicted molar refractivity (Wildman–Crippen MR) is 123 cm³/mol. The summed E-state index contributed by atoms with van der Waals surface area (Å²) in [7, 11) is 0. The fraction of sp³-hybridized carbons (Fsp3) is 0.125. The molecule has 0 aliphatic carbocycles. The molecule has 3 aromatic carbocycles. The van der Waals surface area contributed by atoms with Crippen molar-refractivity contribution in [1.29, 1.82) is 0 Å². The molecule has 2 unspecified atom stereocenters. The fourth-order valence-electron chi connectivity index (χ4n) is 3.44. The van der Waals surface area contributed by atoms with Crippen LogP contribution in [-0.4, -0.2) is 4.98 Å². The van der Waals surface area contributed by atoms with E-state index in [1.165, 1.54) is 0 Å². The summed E-state index contributed by atoms with van der Waals surface area (Å²) >= 11 is 0.929. The molecule has 7 heteroatoms. The number of nitrogens with one attached hydrogen (secondary N) is 1. The van der Waals surface area contributed by atoms with Crippen LogP contribution >= 0.6 is 18.1 Å². The molecule has 0 saturated carbocycles. The minimum absolute atomic E-state index is 0. The number of aromatic nitrogens is 1. The summed E-state index contributed by atoms with van der Waals surface area (Å²) < 4.78 is 13.0. The molecule has 0 amide bonds. The minimum atomic E-state index is -3.91. The van der Waals surface area contributed by atoms with E-state index >= 15 is 0 Å². The molecule has 0 fully saturated rings. The zero-order valence-corrected chi connectivity index (χ0v) is 21.1. The van der Waals surface area contributed by atoms with Crippen LogP contribution in [0.1, 0.15) is 22.7 Å². The predicted octanol–water partition coefficient (Wildman–Crippen LogP) is 2.51. The Kier molecular flexibility index (Phi) is 8.94. The van der Waals surface area contributed by atoms with E-state index in [9.17, 15) is 9.46 Å². The number of benzene rings is 3. The van der Waals surface area contributed by atoms with Crippen molar-refractivity contribution in [3.8, 4) is 0 Å². The van der Waals surface area contributed by atoms with Crippen molar-refractivity contribution >= 4 is 29.0 Å². The van der Waals surface area contributed by atoms with Gasteiger partial charge >= 0.3 is 29.6 Å². The number of nitrogens with zero attached hydrogens (tertiary/aromatic N) is 1. The van der Waals surface area contributed by atoms with E-state index < -0.39 is 6.72 Å². The van der Waals surface area contributed by atoms with E-state index in [4.69, 9.17) is 0 Å². The molecule has 0 bridgehead atoms. The van der Waals surface area contributed by atoms with Gasteiger partial charge in [0, 0.05) is 23.4 Å². The van der Waals surface area contributed by atoms with Gasteiger partial charge in [-0.05, 0) is 29.2 Å². The van der Waals surface area contributed by atoms with Crippen molar-refractivity contribution < 1.29 is 39.0 Å². The van der Waals surface area contributed by atoms with Gasteiger partial charge in [-0.1, -0.05) is 96.3 Å². The largest absolute Gasteiger partial charge is 1.00 e. The van der Waals surface area contributed by atoms with Crippen molar-refractivity contribution in [3.63, 3.8) is 0 Å². The second-order valence-corrected chi connectivity index (χ2v) is 11.1. The minimum Gasteiger partial charge on any atom is -0.780 e. The Morgan fingerprint density at radius 1 is 0.903 bits per heavy atom. The van der Waals surface area contributed by atoms with E-state index in [2.05, 4.69) is 10.1 Å². The third-order valence-corrected chi connectivity index (χ3v) is 8.04. The molecule has 4 rings (SSSR count). The number of hydrogen-bond donors (Lipinski definition) is 1. The Balaban J connectivity index is 0.00000272. The van der Waals surface area contributed by atoms with E-state index in [1.54, 1.807) is 6.20 Å². The van der Waals surface area contributed by atoms with Crippen molar-refractivity contribution in [3.05, 3.63) is 114 Å². The molecule has 2 atom stereocenters. The van der Waals surface area contributed by atoms with Crippen LogP contribution in [0.25, 0.3) is 10.9 Å². The molecule has 0 radical (unpaired) electrons. The quantitative estimate of drug-likeness (QED) is 0.326. The Labute approximate surface area is 209 Å². The van der Waals surface area contributed by atoms with Crippen LogP contribution in [0.5, 0.6) is 0 Å². The Bertz CT molecular complexity index is 1160. The van der Waals surface area contributed by atoms with Gasteiger partial charge in [0.25, 0.3) is 0 Å². The van der Waals surface area contributed by atoms with Gasteiger partial charge in [0.15, 0.2) is 0 Å². The molecule has 1 N–H and O–H groups in total. The molecule has 0 aliphatic heterocycles. The SMILES string of the molecule is O=P([O-])(NC(Cc1ccccc1)c1ccccc1)SCc1cccc2cccnc12.[Na+]. The first-order valence-corrected chi connectivity index (χ1v) is 13.0. The molecule has 1 aromatic heterocycles. The third-order valence-electron chi connectivity index (χ3n) is 4.90. The van der Waals surface area contributed by atoms with Gasteiger partial charge in [0.2, 0.25) is 0 Å². The Morgan fingerprint density at radius 3 is 2.32 bits per heavy atom. The van der Waals surface area contributed by atoms with Gasteiger partial charge < -0.3 is 9.46 Å². The first-order valence-electron chi connectivity index (χ1n) is 9.76. The van der Waals surface area contributed by atoms with E-state index in [0.717, 1.165) is 39.0 Å². The van der Waals surface area contributed by atoms with Gasteiger partial charge in [0.05, 0.1) is 5.52 Å². The Morgan fingerprint density at radius 2 is 1.58 bits per heavy atom. The van der Waals surface area contributed by atoms with Crippen molar-refractivity contribution in [1.82, 2.24) is 10.1 Å². The molecular formula is C24H22N2NaO2PS. The summed E-state index contributed by atoms with van der Waals surface area (Å²) in [5.41, 5.74) is 3.79. The van der Waals surface area contributed by atoms with Crippen LogP contribution in [0.3, 0.4) is 0 Å². The summed E-state index contributed by atoms with van der Waals surface area (Å²) in [4.78, 5) is 17.4. The molecule has 0 spiro atoms. The molecular weight excluding hydrogens is 434 g/mol. The molecule has 4 aromatic rings. The maximum atomic E-state index is 13.0. The van der Waals surface area contributed by atoms with Gasteiger partial charge in [-0.25, -0.2) is 0 Å². The summed E-state index contributed by atoms with van der Waals surface area (Å²) in [6.07, 6.45) is 2.32. The number of hydrogen-bond acceptors (Lipinski definition) is 4. The molecule has 4 nitrogen and oxygen atoms in total. The first-order chi connectivity index (χ1) is 14.6. The first kappa shape index (κ1) is 24.2. The van der Waals surface area contributed by atoms with Crippen molar-refractivity contribution in [2.45, 2.75) is 18.2 Å². The van der Waals surface area contributed by atoms with Crippen molar-refractivity contribution in [2.24, 2.45) is 0 Å². The Hall–Kier alpha value is -1.43. The topological polar surface area (TPSA) is 65.0 Å². The average Bonchev–Trinajstić information content (AvgIpc) is 2.78. The standard InChI is InChI=1S/C24H23N2O2PS.Na/c27-29(28,30-18-22-14-7-13-21-15-8-16-25-24(21)22)26-23(20-11-5-2-6-12-20)17-19-9-3-1-4-10-19;/h1-16,23H,17-18H2,(H2,26,27,28);/q;+1/p-1. The normalized spacial score (nSPS) is 13.8. The summed E-state index contributed by atoms with van der Waals surface area (Å²) in [6.45, 7) is -3.91. The molecule has 1 heterocycles. The van der Waals surface area contributed by atoms with Crippen LogP contribution in [-0.2, 0) is 16.7 Å². The molecule has 152 valence electrons. The van der Waals surface area contributed by atoms with Crippen LogP contribution in [0.2, 0.25) is 0 Å². The monoisotopic (exact) mass is 456 g/mol. The summed E-state index contributed by atoms with van der Waals surface area (Å²) in [5.74, 6) is 0.342.